The summed E-state index contributed by atoms with van der Waals surface area (Å²) in [5, 5.41) is 12.9. The minimum absolute atomic E-state index is 0.0450. The van der Waals surface area contributed by atoms with Crippen molar-refractivity contribution in [3.8, 4) is 22.2 Å². The number of aryl methyl sites for hydroxylation is 1. The van der Waals surface area contributed by atoms with Crippen LogP contribution < -0.4 is 5.32 Å². The first-order valence-electron chi connectivity index (χ1n) is 8.72. The van der Waals surface area contributed by atoms with E-state index in [0.717, 1.165) is 21.8 Å². The molecule has 148 valence electrons. The van der Waals surface area contributed by atoms with Crippen molar-refractivity contribution >= 4 is 34.5 Å². The number of hydrogen-bond donors (Lipinski definition) is 1. The minimum Gasteiger partial charge on any atom is -0.415 e. The Hall–Kier alpha value is -2.97. The van der Waals surface area contributed by atoms with Crippen LogP contribution in [0.4, 0.5) is 10.1 Å². The number of benzene rings is 1. The molecule has 4 rings (SSSR count). The molecular weight excluding hydrogens is 415 g/mol. The summed E-state index contributed by atoms with van der Waals surface area (Å²) >= 11 is 7.28. The summed E-state index contributed by atoms with van der Waals surface area (Å²) in [7, 11) is 0. The van der Waals surface area contributed by atoms with Gasteiger partial charge in [-0.05, 0) is 49.6 Å². The van der Waals surface area contributed by atoms with Crippen LogP contribution >= 0.6 is 22.9 Å². The molecule has 3 aromatic heterocycles. The third-order valence-corrected chi connectivity index (χ3v) is 5.61. The highest BCUT2D eigenvalue weighted by Crippen LogP contribution is 2.30. The molecule has 0 aliphatic carbocycles. The van der Waals surface area contributed by atoms with E-state index in [1.54, 1.807) is 0 Å². The van der Waals surface area contributed by atoms with Crippen LogP contribution in [-0.4, -0.2) is 20.7 Å². The van der Waals surface area contributed by atoms with Gasteiger partial charge < -0.3 is 14.3 Å². The number of thiophene rings is 1. The fourth-order valence-electron chi connectivity index (χ4n) is 3.01. The SMILES string of the molecule is Cc1cc(-c2nnc(-c3cccs3)o2)c(C)n1CC(=O)Nc1ccc(F)c(Cl)c1. The number of nitrogens with zero attached hydrogens (tertiary/aromatic N) is 3. The molecule has 0 bridgehead atoms. The van der Waals surface area contributed by atoms with Gasteiger partial charge in [-0.2, -0.15) is 0 Å². The van der Waals surface area contributed by atoms with Crippen LogP contribution in [0.2, 0.25) is 5.02 Å². The van der Waals surface area contributed by atoms with Crippen molar-refractivity contribution in [2.45, 2.75) is 20.4 Å². The van der Waals surface area contributed by atoms with Crippen LogP contribution in [0.25, 0.3) is 22.2 Å². The van der Waals surface area contributed by atoms with E-state index in [0.29, 0.717) is 17.5 Å². The second-order valence-electron chi connectivity index (χ2n) is 6.44. The summed E-state index contributed by atoms with van der Waals surface area (Å²) in [6, 6.07) is 9.79. The maximum atomic E-state index is 13.3. The lowest BCUT2D eigenvalue weighted by molar-refractivity contribution is -0.116. The molecule has 0 atom stereocenters. The average Bonchev–Trinajstić information content (AvgIpc) is 3.41. The molecule has 6 nitrogen and oxygen atoms in total. The maximum absolute atomic E-state index is 13.3. The van der Waals surface area contributed by atoms with Gasteiger partial charge in [-0.3, -0.25) is 4.79 Å². The monoisotopic (exact) mass is 430 g/mol. The van der Waals surface area contributed by atoms with Gasteiger partial charge in [-0.1, -0.05) is 17.7 Å². The normalized spacial score (nSPS) is 11.0. The van der Waals surface area contributed by atoms with Gasteiger partial charge in [0.2, 0.25) is 11.8 Å². The summed E-state index contributed by atoms with van der Waals surface area (Å²) in [6.07, 6.45) is 0. The number of hydrogen-bond acceptors (Lipinski definition) is 5. The second kappa shape index (κ2) is 7.81. The summed E-state index contributed by atoms with van der Waals surface area (Å²) in [5.41, 5.74) is 2.91. The maximum Gasteiger partial charge on any atom is 0.258 e. The van der Waals surface area contributed by atoms with Gasteiger partial charge in [0.1, 0.15) is 12.4 Å². The number of halogens is 2. The van der Waals surface area contributed by atoms with Crippen molar-refractivity contribution in [2.24, 2.45) is 0 Å². The molecule has 9 heteroatoms. The first kappa shape index (κ1) is 19.4. The zero-order chi connectivity index (χ0) is 20.5. The Labute approximate surface area is 175 Å². The molecule has 0 aliphatic rings. The predicted octanol–water partition coefficient (Wildman–Crippen LogP) is 5.31. The molecule has 0 spiro atoms. The van der Waals surface area contributed by atoms with E-state index in [1.165, 1.54) is 29.5 Å². The molecule has 4 aromatic rings. The zero-order valence-corrected chi connectivity index (χ0v) is 17.1. The Balaban J connectivity index is 1.54. The summed E-state index contributed by atoms with van der Waals surface area (Å²) < 4.78 is 20.9. The first-order chi connectivity index (χ1) is 13.9. The number of rotatable bonds is 5. The van der Waals surface area contributed by atoms with Gasteiger partial charge in [-0.15, -0.1) is 21.5 Å². The Morgan fingerprint density at radius 1 is 1.24 bits per heavy atom. The lowest BCUT2D eigenvalue weighted by Crippen LogP contribution is -2.20. The van der Waals surface area contributed by atoms with E-state index < -0.39 is 5.82 Å². The number of amides is 1. The van der Waals surface area contributed by atoms with Crippen molar-refractivity contribution in [2.75, 3.05) is 5.32 Å². The van der Waals surface area contributed by atoms with Gasteiger partial charge in [0.05, 0.1) is 15.5 Å². The number of anilines is 1. The van der Waals surface area contributed by atoms with Gasteiger partial charge in [0, 0.05) is 17.1 Å². The van der Waals surface area contributed by atoms with Crippen LogP contribution in [0, 0.1) is 19.7 Å². The number of carbonyl (C=O) groups excluding carboxylic acids is 1. The summed E-state index contributed by atoms with van der Waals surface area (Å²) in [6.45, 7) is 3.87. The second-order valence-corrected chi connectivity index (χ2v) is 7.79. The molecule has 0 radical (unpaired) electrons. The molecule has 0 aliphatic heterocycles. The van der Waals surface area contributed by atoms with Crippen LogP contribution in [0.15, 0.2) is 46.2 Å². The average molecular weight is 431 g/mol. The van der Waals surface area contributed by atoms with Crippen molar-refractivity contribution in [3.63, 3.8) is 0 Å². The number of nitrogens with one attached hydrogen (secondary N) is 1. The molecular formula is C20H16ClFN4O2S. The molecule has 29 heavy (non-hydrogen) atoms. The Morgan fingerprint density at radius 2 is 2.03 bits per heavy atom. The van der Waals surface area contributed by atoms with Crippen LogP contribution in [0.1, 0.15) is 11.4 Å². The number of aromatic nitrogens is 3. The summed E-state index contributed by atoms with van der Waals surface area (Å²) in [4.78, 5) is 13.4. The highest BCUT2D eigenvalue weighted by Gasteiger charge is 2.19. The molecule has 1 N–H and O–H groups in total. The topological polar surface area (TPSA) is 73.0 Å². The molecule has 1 aromatic carbocycles. The molecule has 0 unspecified atom stereocenters. The van der Waals surface area contributed by atoms with E-state index in [4.69, 9.17) is 16.0 Å². The molecule has 0 saturated heterocycles. The lowest BCUT2D eigenvalue weighted by Gasteiger charge is -2.10. The van der Waals surface area contributed by atoms with Crippen LogP contribution in [0.5, 0.6) is 0 Å². The van der Waals surface area contributed by atoms with Crippen molar-refractivity contribution < 1.29 is 13.6 Å². The minimum atomic E-state index is -0.534. The Morgan fingerprint density at radius 3 is 2.76 bits per heavy atom. The van der Waals surface area contributed by atoms with Crippen LogP contribution in [0.3, 0.4) is 0 Å². The Kier molecular flexibility index (Phi) is 5.21. The largest absolute Gasteiger partial charge is 0.415 e. The number of carbonyl (C=O) groups is 1. The lowest BCUT2D eigenvalue weighted by atomic mass is 10.2. The van der Waals surface area contributed by atoms with Gasteiger partial charge >= 0.3 is 0 Å². The van der Waals surface area contributed by atoms with Crippen molar-refractivity contribution in [1.29, 1.82) is 0 Å². The predicted molar refractivity (Wildman–Crippen MR) is 111 cm³/mol. The van der Waals surface area contributed by atoms with Crippen molar-refractivity contribution in [3.05, 3.63) is 64.0 Å². The van der Waals surface area contributed by atoms with E-state index >= 15 is 0 Å². The smallest absolute Gasteiger partial charge is 0.258 e. The third kappa shape index (κ3) is 3.94. The molecule has 0 saturated carbocycles. The fraction of sp³-hybridized carbons (Fsp3) is 0.150. The fourth-order valence-corrected chi connectivity index (χ4v) is 3.84. The van der Waals surface area contributed by atoms with Gasteiger partial charge in [0.25, 0.3) is 5.89 Å². The highest BCUT2D eigenvalue weighted by molar-refractivity contribution is 7.13. The summed E-state index contributed by atoms with van der Waals surface area (Å²) in [5.74, 6) is 0.0721. The molecule has 0 fully saturated rings. The first-order valence-corrected chi connectivity index (χ1v) is 9.97. The molecule has 1 amide bonds. The standard InChI is InChI=1S/C20H16ClFN4O2S/c1-11-8-14(19-24-25-20(28-19)17-4-3-7-29-17)12(2)26(11)10-18(27)23-13-5-6-16(22)15(21)9-13/h3-9H,10H2,1-2H3,(H,23,27). The Bertz CT molecular complexity index is 1180. The van der Waals surface area contributed by atoms with E-state index in [-0.39, 0.29) is 17.5 Å². The van der Waals surface area contributed by atoms with E-state index in [1.807, 2.05) is 42.0 Å². The molecule has 3 heterocycles. The van der Waals surface area contributed by atoms with Crippen molar-refractivity contribution in [1.82, 2.24) is 14.8 Å². The van der Waals surface area contributed by atoms with E-state index in [9.17, 15) is 9.18 Å². The van der Waals surface area contributed by atoms with Crippen LogP contribution in [-0.2, 0) is 11.3 Å². The van der Waals surface area contributed by atoms with Gasteiger partial charge in [-0.25, -0.2) is 4.39 Å². The third-order valence-electron chi connectivity index (χ3n) is 4.47. The highest BCUT2D eigenvalue weighted by atomic mass is 35.5. The zero-order valence-electron chi connectivity index (χ0n) is 15.6. The quantitative estimate of drug-likeness (QED) is 0.465. The van der Waals surface area contributed by atoms with E-state index in [2.05, 4.69) is 15.5 Å². The van der Waals surface area contributed by atoms with Gasteiger partial charge in [0.15, 0.2) is 0 Å².